The molecule has 3 rings (SSSR count). The Labute approximate surface area is 159 Å². The van der Waals surface area contributed by atoms with E-state index in [9.17, 15) is 4.79 Å². The molecule has 6 heteroatoms. The van der Waals surface area contributed by atoms with Crippen LogP contribution in [0.2, 0.25) is 13.1 Å². The van der Waals surface area contributed by atoms with Crippen LogP contribution < -0.4 is 6.53 Å². The second-order valence-corrected chi connectivity index (χ2v) is 46.9. The average Bonchev–Trinajstić information content (AvgIpc) is 2.93. The van der Waals surface area contributed by atoms with Gasteiger partial charge in [0.2, 0.25) is 0 Å². The summed E-state index contributed by atoms with van der Waals surface area (Å²) in [7, 11) is 14.6. The topological polar surface area (TPSA) is 29.1 Å². The van der Waals surface area contributed by atoms with Crippen molar-refractivity contribution in [2.75, 3.05) is 0 Å². The van der Waals surface area contributed by atoms with Gasteiger partial charge in [-0.2, -0.15) is 0 Å². The van der Waals surface area contributed by atoms with Crippen molar-refractivity contribution in [2.45, 2.75) is 39.3 Å². The molecule has 0 fully saturated rings. The Morgan fingerprint density at radius 2 is 1.80 bits per heavy atom. The van der Waals surface area contributed by atoms with E-state index in [-0.39, 0.29) is 5.91 Å². The van der Waals surface area contributed by atoms with Gasteiger partial charge in [0.25, 0.3) is 0 Å². The molecule has 2 nitrogen and oxygen atoms in total. The summed E-state index contributed by atoms with van der Waals surface area (Å²) >= 11 is -4.59. The molecule has 2 aromatic carbocycles. The number of hydrogen-bond donors (Lipinski definition) is 1. The predicted molar refractivity (Wildman–Crippen MR) is 108 cm³/mol. The van der Waals surface area contributed by atoms with Gasteiger partial charge in [0.05, 0.1) is 0 Å². The molecule has 0 aromatic heterocycles. The maximum absolute atomic E-state index is 12.5. The molecule has 133 valence electrons. The van der Waals surface area contributed by atoms with Crippen molar-refractivity contribution >= 4 is 32.1 Å². The molecule has 0 unspecified atom stereocenters. The Bertz CT molecular complexity index is 838. The van der Waals surface area contributed by atoms with Crippen molar-refractivity contribution in [1.29, 1.82) is 0 Å². The fourth-order valence-electron chi connectivity index (χ4n) is 3.65. The summed E-state index contributed by atoms with van der Waals surface area (Å²) in [6, 6.07) is 14.7. The number of amides is 1. The minimum absolute atomic E-state index is 0.00699. The number of carbonyl (C=O) groups is 1. The van der Waals surface area contributed by atoms with E-state index in [0.717, 1.165) is 16.1 Å². The molecule has 0 spiro atoms. The van der Waals surface area contributed by atoms with Crippen LogP contribution in [0.15, 0.2) is 42.5 Å². The Morgan fingerprint density at radius 1 is 1.12 bits per heavy atom. The minimum atomic E-state index is -4.59. The third-order valence-corrected chi connectivity index (χ3v) is 49.3. The van der Waals surface area contributed by atoms with Crippen LogP contribution in [-0.4, -0.2) is 11.8 Å². The first-order valence-electron chi connectivity index (χ1n) is 8.86. The van der Waals surface area contributed by atoms with E-state index < -0.39 is 21.8 Å². The van der Waals surface area contributed by atoms with Crippen LogP contribution in [0.1, 0.15) is 30.9 Å². The second kappa shape index (κ2) is 6.96. The predicted octanol–water partition coefficient (Wildman–Crippen LogP) is 4.70. The maximum atomic E-state index is 12.5. The molecule has 0 radical (unpaired) electrons. The molecule has 1 aliphatic rings. The van der Waals surface area contributed by atoms with Gasteiger partial charge >= 0.3 is 160 Å². The molecule has 0 saturated heterocycles. The third-order valence-electron chi connectivity index (χ3n) is 5.20. The zero-order valence-corrected chi connectivity index (χ0v) is 20.0. The standard InChI is InChI=1S/C13H9.C4H9NO.C2H7Si.2ClH.Zr/c1-3-7-12-10(5-1)9-11-6-2-4-8-13(11)12;1-2-3-4(5)6;1-3-2;;;/h1-5,7-8H,9H2;2-3H2,1H3,(H2,5,6);3H,1-2H3;2*1H;/q;;;;;+3/p-3. The van der Waals surface area contributed by atoms with E-state index in [1.54, 1.807) is 0 Å². The van der Waals surface area contributed by atoms with Gasteiger partial charge in [-0.05, 0) is 0 Å². The number of rotatable bonds is 5. The summed E-state index contributed by atoms with van der Waals surface area (Å²) in [6.45, 7) is 6.33. The molecule has 1 N–H and O–H groups in total. The van der Waals surface area contributed by atoms with Crippen molar-refractivity contribution in [3.05, 3.63) is 53.6 Å². The van der Waals surface area contributed by atoms with Crippen molar-refractivity contribution < 1.29 is 20.6 Å². The van der Waals surface area contributed by atoms with Crippen molar-refractivity contribution in [1.82, 2.24) is 3.26 Å². The fourth-order valence-corrected chi connectivity index (χ4v) is 22.0. The summed E-state index contributed by atoms with van der Waals surface area (Å²) in [5.41, 5.74) is 5.00. The van der Waals surface area contributed by atoms with Gasteiger partial charge in [0.1, 0.15) is 0 Å². The Kier molecular flexibility index (Phi) is 5.39. The Hall–Kier alpha value is -0.410. The number of fused-ring (bicyclic) bond motifs is 3. The molecule has 0 atom stereocenters. The first-order chi connectivity index (χ1) is 11.8. The summed E-state index contributed by atoms with van der Waals surface area (Å²) < 4.78 is 4.25. The number of halogens is 2. The van der Waals surface area contributed by atoms with Gasteiger partial charge in [-0.25, -0.2) is 0 Å². The molecule has 0 saturated carbocycles. The van der Waals surface area contributed by atoms with Crippen LogP contribution in [0.3, 0.4) is 0 Å². The van der Waals surface area contributed by atoms with Crippen LogP contribution >= 0.6 is 17.0 Å². The summed E-state index contributed by atoms with van der Waals surface area (Å²) in [4.78, 5) is 12.5. The van der Waals surface area contributed by atoms with Crippen LogP contribution in [0, 0.1) is 0 Å². The average molecular weight is 473 g/mol. The molecule has 1 aliphatic carbocycles. The molecule has 0 aliphatic heterocycles. The Morgan fingerprint density at radius 3 is 2.48 bits per heavy atom. The molecular formula is C19H24Cl2NOSiZr. The van der Waals surface area contributed by atoms with Crippen molar-refractivity contribution in [3.8, 4) is 11.1 Å². The van der Waals surface area contributed by atoms with Crippen molar-refractivity contribution in [2.24, 2.45) is 0 Å². The molecular weight excluding hydrogens is 448 g/mol. The summed E-state index contributed by atoms with van der Waals surface area (Å²) in [6.07, 6.45) is 2.11. The van der Waals surface area contributed by atoms with Crippen LogP contribution in [0.5, 0.6) is 0 Å². The van der Waals surface area contributed by atoms with E-state index in [0.29, 0.717) is 6.42 Å². The van der Waals surface area contributed by atoms with Crippen LogP contribution in [-0.2, 0) is 27.1 Å². The van der Waals surface area contributed by atoms with Gasteiger partial charge < -0.3 is 0 Å². The zero-order chi connectivity index (χ0) is 18.3. The first kappa shape index (κ1) is 19.4. The van der Waals surface area contributed by atoms with Crippen LogP contribution in [0.25, 0.3) is 11.1 Å². The zero-order valence-electron chi connectivity index (χ0n) is 14.9. The van der Waals surface area contributed by atoms with Gasteiger partial charge in [-0.3, -0.25) is 0 Å². The quantitative estimate of drug-likeness (QED) is 0.536. The first-order valence-corrected chi connectivity index (χ1v) is 24.8. The summed E-state index contributed by atoms with van der Waals surface area (Å²) in [5.74, 6) is -1.55. The SMILES string of the molecule is CCCC(=O)[NH][Zr]([Cl])([Cl])([c]1cccc2c1Cc1ccccc1-2)[SiH](C)C. The number of benzene rings is 2. The molecule has 1 amide bonds. The normalized spacial score (nSPS) is 14.6. The monoisotopic (exact) mass is 470 g/mol. The molecule has 2 aromatic rings. The van der Waals surface area contributed by atoms with E-state index in [4.69, 9.17) is 17.0 Å². The molecule has 25 heavy (non-hydrogen) atoms. The van der Waals surface area contributed by atoms with Gasteiger partial charge in [0, 0.05) is 0 Å². The fraction of sp³-hybridized carbons (Fsp3) is 0.316. The van der Waals surface area contributed by atoms with Gasteiger partial charge in [0.15, 0.2) is 0 Å². The van der Waals surface area contributed by atoms with Gasteiger partial charge in [-0.1, -0.05) is 0 Å². The second-order valence-electron chi connectivity index (χ2n) is 7.20. The van der Waals surface area contributed by atoms with E-state index in [1.165, 1.54) is 22.3 Å². The number of carbonyl (C=O) groups excluding carboxylic acids is 1. The van der Waals surface area contributed by atoms with Gasteiger partial charge in [-0.15, -0.1) is 0 Å². The number of nitrogens with one attached hydrogen (secondary N) is 1. The van der Waals surface area contributed by atoms with E-state index >= 15 is 0 Å². The van der Waals surface area contributed by atoms with Crippen molar-refractivity contribution in [3.63, 3.8) is 0 Å². The van der Waals surface area contributed by atoms with E-state index in [2.05, 4.69) is 52.8 Å². The number of hydrogen-bond acceptors (Lipinski definition) is 1. The third kappa shape index (κ3) is 3.32. The van der Waals surface area contributed by atoms with Crippen LogP contribution in [0.4, 0.5) is 0 Å². The summed E-state index contributed by atoms with van der Waals surface area (Å²) in [5, 5.41) is 0. The molecule has 0 heterocycles. The van der Waals surface area contributed by atoms with E-state index in [1.807, 2.05) is 13.0 Å². The molecule has 0 bridgehead atoms. The Balaban J connectivity index is 2.16.